The van der Waals surface area contributed by atoms with E-state index < -0.39 is 6.04 Å². The molecule has 2 aromatic rings. The van der Waals surface area contributed by atoms with E-state index in [2.05, 4.69) is 5.32 Å². The zero-order valence-electron chi connectivity index (χ0n) is 12.5. The average molecular weight is 301 g/mol. The Morgan fingerprint density at radius 1 is 1.18 bits per heavy atom. The summed E-state index contributed by atoms with van der Waals surface area (Å²) >= 11 is 0. The zero-order valence-corrected chi connectivity index (χ0v) is 12.5. The first-order valence-electron chi connectivity index (χ1n) is 7.25. The monoisotopic (exact) mass is 301 g/mol. The zero-order chi connectivity index (χ0) is 15.8. The van der Waals surface area contributed by atoms with Crippen LogP contribution in [-0.2, 0) is 9.53 Å². The van der Waals surface area contributed by atoms with Gasteiger partial charge in [0.2, 0.25) is 0 Å². The standard InChI is InChI=1S/C17H19NO4/c1-2-10-22-16(19)12-14(13-7-4-3-5-8-13)18-17(20)15-9-6-11-21-15/h3-9,11,14H,2,10,12H2,1H3,(H,18,20)/t14-/m1/s1. The third kappa shape index (κ3) is 4.48. The quantitative estimate of drug-likeness (QED) is 0.798. The van der Waals surface area contributed by atoms with Crippen molar-refractivity contribution in [1.82, 2.24) is 5.32 Å². The summed E-state index contributed by atoms with van der Waals surface area (Å²) in [5.41, 5.74) is 0.843. The first kappa shape index (κ1) is 15.8. The van der Waals surface area contributed by atoms with Gasteiger partial charge in [-0.25, -0.2) is 0 Å². The molecule has 0 bridgehead atoms. The highest BCUT2D eigenvalue weighted by molar-refractivity contribution is 5.92. The van der Waals surface area contributed by atoms with Crippen molar-refractivity contribution in [3.05, 3.63) is 60.1 Å². The average Bonchev–Trinajstić information content (AvgIpc) is 3.07. The van der Waals surface area contributed by atoms with E-state index in [1.165, 1.54) is 6.26 Å². The van der Waals surface area contributed by atoms with Crippen LogP contribution in [0.1, 0.15) is 41.9 Å². The molecule has 22 heavy (non-hydrogen) atoms. The fraction of sp³-hybridized carbons (Fsp3) is 0.294. The molecule has 0 saturated carbocycles. The molecule has 0 fully saturated rings. The van der Waals surface area contributed by atoms with Gasteiger partial charge in [0.1, 0.15) is 0 Å². The smallest absolute Gasteiger partial charge is 0.308 e. The Morgan fingerprint density at radius 3 is 2.59 bits per heavy atom. The summed E-state index contributed by atoms with van der Waals surface area (Å²) in [6.45, 7) is 2.31. The van der Waals surface area contributed by atoms with Gasteiger partial charge in [0.05, 0.1) is 25.3 Å². The van der Waals surface area contributed by atoms with Crippen molar-refractivity contribution in [3.8, 4) is 0 Å². The highest BCUT2D eigenvalue weighted by Gasteiger charge is 2.21. The van der Waals surface area contributed by atoms with Gasteiger partial charge >= 0.3 is 5.97 Å². The van der Waals surface area contributed by atoms with Crippen molar-refractivity contribution in [2.45, 2.75) is 25.8 Å². The minimum absolute atomic E-state index is 0.0798. The van der Waals surface area contributed by atoms with Gasteiger partial charge in [0.25, 0.3) is 5.91 Å². The Kier molecular flexibility index (Phi) is 5.77. The normalized spacial score (nSPS) is 11.7. The Hall–Kier alpha value is -2.56. The molecule has 1 N–H and O–H groups in total. The van der Waals surface area contributed by atoms with Crippen LogP contribution in [0.25, 0.3) is 0 Å². The number of ether oxygens (including phenoxy) is 1. The Balaban J connectivity index is 2.08. The Labute approximate surface area is 129 Å². The minimum Gasteiger partial charge on any atom is -0.466 e. The number of hydrogen-bond acceptors (Lipinski definition) is 4. The number of furan rings is 1. The van der Waals surface area contributed by atoms with Gasteiger partial charge in [-0.15, -0.1) is 0 Å². The molecule has 2 rings (SSSR count). The van der Waals surface area contributed by atoms with E-state index in [-0.39, 0.29) is 24.1 Å². The maximum Gasteiger partial charge on any atom is 0.308 e. The van der Waals surface area contributed by atoms with E-state index in [1.54, 1.807) is 12.1 Å². The van der Waals surface area contributed by atoms with Gasteiger partial charge in [-0.2, -0.15) is 0 Å². The summed E-state index contributed by atoms with van der Waals surface area (Å²) in [5.74, 6) is -0.486. The number of carbonyl (C=O) groups is 2. The molecule has 1 atom stereocenters. The van der Waals surface area contributed by atoms with Crippen LogP contribution in [0.4, 0.5) is 0 Å². The molecule has 0 spiro atoms. The Bertz CT molecular complexity index is 592. The SMILES string of the molecule is CCCOC(=O)C[C@@H](NC(=O)c1ccco1)c1ccccc1. The van der Waals surface area contributed by atoms with Crippen molar-refractivity contribution in [3.63, 3.8) is 0 Å². The van der Waals surface area contributed by atoms with Gasteiger partial charge < -0.3 is 14.5 Å². The largest absolute Gasteiger partial charge is 0.466 e. The second-order valence-electron chi connectivity index (χ2n) is 4.84. The van der Waals surface area contributed by atoms with Crippen molar-refractivity contribution in [2.24, 2.45) is 0 Å². The van der Waals surface area contributed by atoms with E-state index in [0.717, 1.165) is 12.0 Å². The topological polar surface area (TPSA) is 68.5 Å². The van der Waals surface area contributed by atoms with E-state index >= 15 is 0 Å². The highest BCUT2D eigenvalue weighted by Crippen LogP contribution is 2.18. The number of nitrogens with one attached hydrogen (secondary N) is 1. The summed E-state index contributed by atoms with van der Waals surface area (Å²) in [5, 5.41) is 2.81. The third-order valence-electron chi connectivity index (χ3n) is 3.09. The van der Waals surface area contributed by atoms with Gasteiger partial charge in [0, 0.05) is 0 Å². The predicted molar refractivity (Wildman–Crippen MR) is 81.2 cm³/mol. The number of carbonyl (C=O) groups excluding carboxylic acids is 2. The molecule has 5 heteroatoms. The van der Waals surface area contributed by atoms with Crippen LogP contribution in [0, 0.1) is 0 Å². The molecule has 1 amide bonds. The van der Waals surface area contributed by atoms with Crippen LogP contribution < -0.4 is 5.32 Å². The van der Waals surface area contributed by atoms with E-state index in [1.807, 2.05) is 37.3 Å². The first-order chi connectivity index (χ1) is 10.7. The molecule has 116 valence electrons. The summed E-state index contributed by atoms with van der Waals surface area (Å²) in [4.78, 5) is 24.0. The third-order valence-corrected chi connectivity index (χ3v) is 3.09. The van der Waals surface area contributed by atoms with E-state index in [0.29, 0.717) is 6.61 Å². The lowest BCUT2D eigenvalue weighted by atomic mass is 10.0. The highest BCUT2D eigenvalue weighted by atomic mass is 16.5. The maximum atomic E-state index is 12.1. The van der Waals surface area contributed by atoms with Crippen LogP contribution >= 0.6 is 0 Å². The fourth-order valence-corrected chi connectivity index (χ4v) is 2.02. The molecule has 1 aromatic carbocycles. The van der Waals surface area contributed by atoms with Gasteiger partial charge in [-0.3, -0.25) is 9.59 Å². The number of rotatable bonds is 7. The van der Waals surface area contributed by atoms with Crippen molar-refractivity contribution < 1.29 is 18.7 Å². The van der Waals surface area contributed by atoms with Crippen LogP contribution in [0.2, 0.25) is 0 Å². The molecule has 0 aliphatic carbocycles. The molecule has 0 saturated heterocycles. The molecule has 0 unspecified atom stereocenters. The number of amides is 1. The van der Waals surface area contributed by atoms with Crippen LogP contribution in [0.3, 0.4) is 0 Å². The molecular formula is C17H19NO4. The second kappa shape index (κ2) is 8.02. The van der Waals surface area contributed by atoms with Crippen LogP contribution in [0.5, 0.6) is 0 Å². The number of esters is 1. The van der Waals surface area contributed by atoms with Crippen molar-refractivity contribution >= 4 is 11.9 Å². The fourth-order valence-electron chi connectivity index (χ4n) is 2.02. The van der Waals surface area contributed by atoms with Crippen molar-refractivity contribution in [1.29, 1.82) is 0 Å². The lowest BCUT2D eigenvalue weighted by Gasteiger charge is -2.18. The second-order valence-corrected chi connectivity index (χ2v) is 4.84. The number of hydrogen-bond donors (Lipinski definition) is 1. The van der Waals surface area contributed by atoms with Crippen LogP contribution in [-0.4, -0.2) is 18.5 Å². The summed E-state index contributed by atoms with van der Waals surface area (Å²) in [7, 11) is 0. The summed E-state index contributed by atoms with van der Waals surface area (Å²) in [6, 6.07) is 12.1. The molecule has 1 aromatic heterocycles. The van der Waals surface area contributed by atoms with Gasteiger partial charge in [-0.05, 0) is 24.1 Å². The summed E-state index contributed by atoms with van der Waals surface area (Å²) in [6.07, 6.45) is 2.28. The van der Waals surface area contributed by atoms with E-state index in [4.69, 9.17) is 9.15 Å². The number of benzene rings is 1. The van der Waals surface area contributed by atoms with Gasteiger partial charge in [-0.1, -0.05) is 37.3 Å². The van der Waals surface area contributed by atoms with Crippen molar-refractivity contribution in [2.75, 3.05) is 6.61 Å². The predicted octanol–water partition coefficient (Wildman–Crippen LogP) is 3.09. The molecule has 0 aliphatic rings. The maximum absolute atomic E-state index is 12.1. The Morgan fingerprint density at radius 2 is 1.95 bits per heavy atom. The molecule has 0 aliphatic heterocycles. The minimum atomic E-state index is -0.455. The molecule has 0 radical (unpaired) electrons. The lowest BCUT2D eigenvalue weighted by molar-refractivity contribution is -0.144. The van der Waals surface area contributed by atoms with Crippen LogP contribution in [0.15, 0.2) is 53.1 Å². The molecule has 5 nitrogen and oxygen atoms in total. The first-order valence-corrected chi connectivity index (χ1v) is 7.25. The lowest BCUT2D eigenvalue weighted by Crippen LogP contribution is -2.30. The molecule has 1 heterocycles. The van der Waals surface area contributed by atoms with Gasteiger partial charge in [0.15, 0.2) is 5.76 Å². The summed E-state index contributed by atoms with van der Waals surface area (Å²) < 4.78 is 10.2. The van der Waals surface area contributed by atoms with E-state index in [9.17, 15) is 9.59 Å². The molecular weight excluding hydrogens is 282 g/mol.